The lowest BCUT2D eigenvalue weighted by Gasteiger charge is -2.19. The van der Waals surface area contributed by atoms with Crippen LogP contribution >= 0.6 is 22.6 Å². The first-order valence-corrected chi connectivity index (χ1v) is 11.0. The van der Waals surface area contributed by atoms with Crippen molar-refractivity contribution in [1.29, 1.82) is 0 Å². The van der Waals surface area contributed by atoms with Gasteiger partial charge in [-0.3, -0.25) is 0 Å². The van der Waals surface area contributed by atoms with Crippen molar-refractivity contribution in [3.8, 4) is 22.3 Å². The van der Waals surface area contributed by atoms with Crippen LogP contribution in [0.1, 0.15) is 26.3 Å². The average Bonchev–Trinajstić information content (AvgIpc) is 2.75. The van der Waals surface area contributed by atoms with Gasteiger partial charge in [0.15, 0.2) is 0 Å². The molecule has 1 heteroatoms. The van der Waals surface area contributed by atoms with Gasteiger partial charge < -0.3 is 0 Å². The number of hydrogen-bond donors (Lipinski definition) is 0. The van der Waals surface area contributed by atoms with Crippen molar-refractivity contribution >= 4 is 22.6 Å². The predicted octanol–water partition coefficient (Wildman–Crippen LogP) is 8.61. The molecular weight excluding hydrogens is 463 g/mol. The molecule has 0 spiro atoms. The average molecular weight is 490 g/mol. The van der Waals surface area contributed by atoms with E-state index in [1.807, 2.05) is 12.1 Å². The third kappa shape index (κ3) is 6.04. The minimum Gasteiger partial charge on any atom is -0.0622 e. The molecule has 146 valence electrons. The van der Waals surface area contributed by atoms with E-state index >= 15 is 0 Å². The topological polar surface area (TPSA) is 0 Å². The van der Waals surface area contributed by atoms with Gasteiger partial charge in [0, 0.05) is 3.57 Å². The van der Waals surface area contributed by atoms with Crippen LogP contribution in [0, 0.1) is 3.57 Å². The van der Waals surface area contributed by atoms with E-state index in [0.717, 1.165) is 0 Å². The Balaban J connectivity index is 0.000000176. The minimum absolute atomic E-state index is 0.225. The molecule has 0 aromatic heterocycles. The van der Waals surface area contributed by atoms with Gasteiger partial charge in [-0.15, -0.1) is 0 Å². The molecule has 0 N–H and O–H groups in total. The van der Waals surface area contributed by atoms with Crippen molar-refractivity contribution in [1.82, 2.24) is 0 Å². The van der Waals surface area contributed by atoms with Crippen molar-refractivity contribution in [2.45, 2.75) is 26.2 Å². The number of hydrogen-bond acceptors (Lipinski definition) is 0. The molecular formula is C28H27I. The quantitative estimate of drug-likeness (QED) is 0.247. The number of halogens is 1. The Bertz CT molecular complexity index is 974. The summed E-state index contributed by atoms with van der Waals surface area (Å²) in [7, 11) is 0. The fraction of sp³-hybridized carbons (Fsp3) is 0.143. The highest BCUT2D eigenvalue weighted by Crippen LogP contribution is 2.28. The first kappa shape index (κ1) is 21.3. The van der Waals surface area contributed by atoms with Crippen molar-refractivity contribution in [2.24, 2.45) is 0 Å². The third-order valence-electron chi connectivity index (χ3n) is 4.82. The maximum absolute atomic E-state index is 2.39. The fourth-order valence-electron chi connectivity index (χ4n) is 3.11. The molecule has 0 saturated heterocycles. The van der Waals surface area contributed by atoms with Crippen molar-refractivity contribution in [3.05, 3.63) is 118 Å². The summed E-state index contributed by atoms with van der Waals surface area (Å²) in [6.07, 6.45) is 0. The van der Waals surface area contributed by atoms with Crippen LogP contribution in [0.5, 0.6) is 0 Å². The van der Waals surface area contributed by atoms with Crippen LogP contribution in [0.25, 0.3) is 22.3 Å². The smallest absolute Gasteiger partial charge is 0.0208 e. The Labute approximate surface area is 188 Å². The highest BCUT2D eigenvalue weighted by atomic mass is 127. The third-order valence-corrected chi connectivity index (χ3v) is 5.76. The fourth-order valence-corrected chi connectivity index (χ4v) is 3.81. The van der Waals surface area contributed by atoms with Crippen molar-refractivity contribution < 1.29 is 0 Å². The summed E-state index contributed by atoms with van der Waals surface area (Å²) in [6.45, 7) is 6.73. The van der Waals surface area contributed by atoms with Gasteiger partial charge in [0.05, 0.1) is 0 Å². The van der Waals surface area contributed by atoms with E-state index in [9.17, 15) is 0 Å². The first-order valence-electron chi connectivity index (χ1n) is 9.91. The molecule has 0 aliphatic rings. The monoisotopic (exact) mass is 490 g/mol. The van der Waals surface area contributed by atoms with Gasteiger partial charge in [-0.25, -0.2) is 0 Å². The molecule has 0 amide bonds. The zero-order valence-corrected chi connectivity index (χ0v) is 19.4. The lowest BCUT2D eigenvalue weighted by molar-refractivity contribution is 0.590. The second-order valence-electron chi connectivity index (χ2n) is 8.04. The summed E-state index contributed by atoms with van der Waals surface area (Å²) < 4.78 is 1.30. The SMILES string of the molecule is CC(C)(C)c1ccc(-c2ccccc2I)cc1.c1ccc(-c2ccccc2)cc1. The molecule has 4 rings (SSSR count). The summed E-state index contributed by atoms with van der Waals surface area (Å²) in [6, 6.07) is 38.2. The molecule has 29 heavy (non-hydrogen) atoms. The van der Waals surface area contributed by atoms with Crippen LogP contribution in [0.2, 0.25) is 0 Å². The number of benzene rings is 4. The summed E-state index contributed by atoms with van der Waals surface area (Å²) in [5, 5.41) is 0. The maximum atomic E-state index is 2.39. The Morgan fingerprint density at radius 3 is 1.38 bits per heavy atom. The largest absolute Gasteiger partial charge is 0.0622 e. The first-order chi connectivity index (χ1) is 13.9. The van der Waals surface area contributed by atoms with Gasteiger partial charge in [-0.1, -0.05) is 124 Å². The van der Waals surface area contributed by atoms with Crippen molar-refractivity contribution in [2.75, 3.05) is 0 Å². The molecule has 0 aliphatic heterocycles. The van der Waals surface area contributed by atoms with E-state index in [-0.39, 0.29) is 5.41 Å². The molecule has 4 aromatic rings. The summed E-state index contributed by atoms with van der Waals surface area (Å²) >= 11 is 2.39. The summed E-state index contributed by atoms with van der Waals surface area (Å²) in [5.41, 5.74) is 6.77. The molecule has 0 saturated carbocycles. The normalized spacial score (nSPS) is 10.8. The molecule has 4 aromatic carbocycles. The number of rotatable bonds is 2. The van der Waals surface area contributed by atoms with Crippen LogP contribution in [-0.4, -0.2) is 0 Å². The molecule has 0 nitrogen and oxygen atoms in total. The standard InChI is InChI=1S/C16H17I.C12H10/c1-16(2,3)13-10-8-12(9-11-13)14-6-4-5-7-15(14)17;1-3-7-11(8-4-1)12-9-5-2-6-10-12/h4-11H,1-3H3;1-10H. The van der Waals surface area contributed by atoms with Crippen molar-refractivity contribution in [3.63, 3.8) is 0 Å². The van der Waals surface area contributed by atoms with E-state index < -0.39 is 0 Å². The van der Waals surface area contributed by atoms with Gasteiger partial charge in [0.2, 0.25) is 0 Å². The van der Waals surface area contributed by atoms with Crippen LogP contribution < -0.4 is 0 Å². The van der Waals surface area contributed by atoms with Gasteiger partial charge in [-0.2, -0.15) is 0 Å². The second kappa shape index (κ2) is 9.89. The molecule has 0 fully saturated rings. The Morgan fingerprint density at radius 1 is 0.483 bits per heavy atom. The highest BCUT2D eigenvalue weighted by Gasteiger charge is 2.13. The summed E-state index contributed by atoms with van der Waals surface area (Å²) in [4.78, 5) is 0. The Morgan fingerprint density at radius 2 is 0.931 bits per heavy atom. The highest BCUT2D eigenvalue weighted by molar-refractivity contribution is 14.1. The van der Waals surface area contributed by atoms with Crippen LogP contribution in [0.3, 0.4) is 0 Å². The molecule has 0 aliphatic carbocycles. The zero-order chi connectivity index (χ0) is 20.7. The lowest BCUT2D eigenvalue weighted by atomic mass is 9.86. The van der Waals surface area contributed by atoms with E-state index in [4.69, 9.17) is 0 Å². The molecule has 0 bridgehead atoms. The molecule has 0 unspecified atom stereocenters. The van der Waals surface area contributed by atoms with Crippen LogP contribution in [0.4, 0.5) is 0 Å². The molecule has 0 atom stereocenters. The van der Waals surface area contributed by atoms with Gasteiger partial charge >= 0.3 is 0 Å². The lowest BCUT2D eigenvalue weighted by Crippen LogP contribution is -2.10. The van der Waals surface area contributed by atoms with Gasteiger partial charge in [-0.05, 0) is 61.9 Å². The van der Waals surface area contributed by atoms with Crippen LogP contribution in [-0.2, 0) is 5.41 Å². The molecule has 0 radical (unpaired) electrons. The predicted molar refractivity (Wildman–Crippen MR) is 135 cm³/mol. The van der Waals surface area contributed by atoms with E-state index in [1.54, 1.807) is 0 Å². The van der Waals surface area contributed by atoms with Crippen LogP contribution in [0.15, 0.2) is 109 Å². The van der Waals surface area contributed by atoms with E-state index in [0.29, 0.717) is 0 Å². The van der Waals surface area contributed by atoms with E-state index in [2.05, 4.69) is 140 Å². The van der Waals surface area contributed by atoms with Gasteiger partial charge in [0.25, 0.3) is 0 Å². The Kier molecular flexibility index (Phi) is 7.27. The summed E-state index contributed by atoms with van der Waals surface area (Å²) in [5.74, 6) is 0. The van der Waals surface area contributed by atoms with Gasteiger partial charge in [0.1, 0.15) is 0 Å². The van der Waals surface area contributed by atoms with E-state index in [1.165, 1.54) is 31.4 Å². The maximum Gasteiger partial charge on any atom is 0.0208 e. The Hall–Kier alpha value is -2.39. The minimum atomic E-state index is 0.225. The second-order valence-corrected chi connectivity index (χ2v) is 9.20. The molecule has 0 heterocycles. The zero-order valence-electron chi connectivity index (χ0n) is 17.3.